The maximum Gasteiger partial charge on any atom is 0.374 e. The number of aliphatic hydroxyl groups is 1. The molecule has 1 heterocycles. The highest BCUT2D eigenvalue weighted by Gasteiger charge is 2.46. The predicted octanol–water partition coefficient (Wildman–Crippen LogP) is 2.18. The zero-order valence-electron chi connectivity index (χ0n) is 8.55. The first-order valence-corrected chi connectivity index (χ1v) is 4.59. The van der Waals surface area contributed by atoms with Crippen LogP contribution in [0.15, 0.2) is 11.3 Å². The van der Waals surface area contributed by atoms with Crippen molar-refractivity contribution in [3.05, 3.63) is 11.3 Å². The number of hydrogen-bond acceptors (Lipinski definition) is 3. The standard InChI is InChI=1S/C10H16O3/c1-5-10(6(2)3)7(4)8(11)9(12)13-10/h6,11H,5H2,1-4H3. The van der Waals surface area contributed by atoms with Crippen molar-refractivity contribution in [2.45, 2.75) is 39.7 Å². The molecule has 0 saturated carbocycles. The van der Waals surface area contributed by atoms with Gasteiger partial charge in [-0.05, 0) is 19.3 Å². The molecular formula is C10H16O3. The molecule has 0 fully saturated rings. The van der Waals surface area contributed by atoms with E-state index in [1.165, 1.54) is 0 Å². The number of carbonyl (C=O) groups is 1. The Hall–Kier alpha value is -0.990. The van der Waals surface area contributed by atoms with Crippen LogP contribution in [0.2, 0.25) is 0 Å². The Bertz CT molecular complexity index is 265. The Morgan fingerprint density at radius 2 is 2.08 bits per heavy atom. The Morgan fingerprint density at radius 3 is 2.23 bits per heavy atom. The summed E-state index contributed by atoms with van der Waals surface area (Å²) in [5, 5.41) is 9.39. The van der Waals surface area contributed by atoms with Gasteiger partial charge in [0.2, 0.25) is 5.76 Å². The number of esters is 1. The lowest BCUT2D eigenvalue weighted by Crippen LogP contribution is -2.36. The average Bonchev–Trinajstić information content (AvgIpc) is 2.30. The lowest BCUT2D eigenvalue weighted by molar-refractivity contribution is -0.152. The van der Waals surface area contributed by atoms with Crippen molar-refractivity contribution in [2.75, 3.05) is 0 Å². The summed E-state index contributed by atoms with van der Waals surface area (Å²) in [6.45, 7) is 7.68. The first-order valence-electron chi connectivity index (χ1n) is 4.59. The second-order valence-electron chi connectivity index (χ2n) is 3.76. The molecule has 1 aliphatic heterocycles. The van der Waals surface area contributed by atoms with E-state index in [0.29, 0.717) is 12.0 Å². The summed E-state index contributed by atoms with van der Waals surface area (Å²) in [6, 6.07) is 0. The molecule has 1 aliphatic rings. The molecule has 0 amide bonds. The smallest absolute Gasteiger partial charge is 0.374 e. The quantitative estimate of drug-likeness (QED) is 0.669. The molecule has 0 saturated heterocycles. The van der Waals surface area contributed by atoms with Gasteiger partial charge in [-0.15, -0.1) is 0 Å². The van der Waals surface area contributed by atoms with E-state index in [4.69, 9.17) is 4.74 Å². The zero-order valence-corrected chi connectivity index (χ0v) is 8.55. The summed E-state index contributed by atoms with van der Waals surface area (Å²) in [5.74, 6) is -0.616. The number of cyclic esters (lactones) is 1. The van der Waals surface area contributed by atoms with Gasteiger partial charge in [-0.25, -0.2) is 4.79 Å². The Labute approximate surface area is 78.4 Å². The van der Waals surface area contributed by atoms with Crippen LogP contribution in [0, 0.1) is 5.92 Å². The monoisotopic (exact) mass is 184 g/mol. The molecule has 1 N–H and O–H groups in total. The Kier molecular flexibility index (Phi) is 2.37. The molecular weight excluding hydrogens is 168 g/mol. The fourth-order valence-corrected chi connectivity index (χ4v) is 1.94. The van der Waals surface area contributed by atoms with E-state index >= 15 is 0 Å². The molecule has 1 atom stereocenters. The molecule has 0 radical (unpaired) electrons. The Balaban J connectivity index is 3.13. The van der Waals surface area contributed by atoms with Crippen LogP contribution in [0.4, 0.5) is 0 Å². The lowest BCUT2D eigenvalue weighted by atomic mass is 9.82. The molecule has 1 unspecified atom stereocenters. The van der Waals surface area contributed by atoms with Crippen molar-refractivity contribution in [3.8, 4) is 0 Å². The van der Waals surface area contributed by atoms with Gasteiger partial charge in [0.05, 0.1) is 0 Å². The maximum atomic E-state index is 11.1. The van der Waals surface area contributed by atoms with E-state index in [0.717, 1.165) is 0 Å². The van der Waals surface area contributed by atoms with Crippen LogP contribution < -0.4 is 0 Å². The molecule has 3 heteroatoms. The van der Waals surface area contributed by atoms with Crippen LogP contribution >= 0.6 is 0 Å². The summed E-state index contributed by atoms with van der Waals surface area (Å²) in [7, 11) is 0. The third kappa shape index (κ3) is 1.23. The molecule has 0 spiro atoms. The van der Waals surface area contributed by atoms with Crippen molar-refractivity contribution in [1.82, 2.24) is 0 Å². The first kappa shape index (κ1) is 10.1. The fraction of sp³-hybridized carbons (Fsp3) is 0.700. The fourth-order valence-electron chi connectivity index (χ4n) is 1.94. The van der Waals surface area contributed by atoms with E-state index < -0.39 is 11.6 Å². The van der Waals surface area contributed by atoms with Crippen molar-refractivity contribution in [3.63, 3.8) is 0 Å². The molecule has 3 nitrogen and oxygen atoms in total. The second kappa shape index (κ2) is 3.05. The van der Waals surface area contributed by atoms with Crippen LogP contribution in [0.1, 0.15) is 34.1 Å². The van der Waals surface area contributed by atoms with Crippen molar-refractivity contribution < 1.29 is 14.6 Å². The minimum atomic E-state index is -0.590. The number of carbonyl (C=O) groups excluding carboxylic acids is 1. The maximum absolute atomic E-state index is 11.1. The molecule has 0 bridgehead atoms. The van der Waals surface area contributed by atoms with Crippen LogP contribution in [0.25, 0.3) is 0 Å². The largest absolute Gasteiger partial charge is 0.502 e. The van der Waals surface area contributed by atoms with E-state index in [-0.39, 0.29) is 11.7 Å². The number of aliphatic hydroxyl groups excluding tert-OH is 1. The van der Waals surface area contributed by atoms with Gasteiger partial charge < -0.3 is 9.84 Å². The second-order valence-corrected chi connectivity index (χ2v) is 3.76. The normalized spacial score (nSPS) is 28.5. The summed E-state index contributed by atoms with van der Waals surface area (Å²) in [4.78, 5) is 11.1. The van der Waals surface area contributed by atoms with E-state index in [1.807, 2.05) is 20.8 Å². The highest BCUT2D eigenvalue weighted by molar-refractivity contribution is 5.90. The predicted molar refractivity (Wildman–Crippen MR) is 49.3 cm³/mol. The van der Waals surface area contributed by atoms with Gasteiger partial charge in [0.25, 0.3) is 0 Å². The molecule has 0 aromatic rings. The molecule has 1 rings (SSSR count). The number of hydrogen-bond donors (Lipinski definition) is 1. The van der Waals surface area contributed by atoms with E-state index in [2.05, 4.69) is 0 Å². The van der Waals surface area contributed by atoms with Gasteiger partial charge >= 0.3 is 5.97 Å². The van der Waals surface area contributed by atoms with Crippen LogP contribution in [0.5, 0.6) is 0 Å². The molecule has 0 aliphatic carbocycles. The molecule has 74 valence electrons. The van der Waals surface area contributed by atoms with Crippen molar-refractivity contribution >= 4 is 5.97 Å². The van der Waals surface area contributed by atoms with Gasteiger partial charge in [0.15, 0.2) is 0 Å². The van der Waals surface area contributed by atoms with Gasteiger partial charge in [-0.2, -0.15) is 0 Å². The summed E-state index contributed by atoms with van der Waals surface area (Å²) in [5.41, 5.74) is 0.0799. The first-order chi connectivity index (χ1) is 5.95. The minimum absolute atomic E-state index is 0.186. The molecule has 0 aromatic carbocycles. The van der Waals surface area contributed by atoms with Crippen LogP contribution in [-0.2, 0) is 9.53 Å². The lowest BCUT2D eigenvalue weighted by Gasteiger charge is -2.32. The molecule has 13 heavy (non-hydrogen) atoms. The van der Waals surface area contributed by atoms with Gasteiger partial charge in [0, 0.05) is 5.57 Å². The van der Waals surface area contributed by atoms with Crippen molar-refractivity contribution in [1.29, 1.82) is 0 Å². The van der Waals surface area contributed by atoms with Crippen LogP contribution in [-0.4, -0.2) is 16.7 Å². The number of ether oxygens (including phenoxy) is 1. The SMILES string of the molecule is CCC1(C(C)C)OC(=O)C(O)=C1C. The summed E-state index contributed by atoms with van der Waals surface area (Å²) < 4.78 is 5.22. The topological polar surface area (TPSA) is 46.5 Å². The van der Waals surface area contributed by atoms with Gasteiger partial charge in [-0.3, -0.25) is 0 Å². The minimum Gasteiger partial charge on any atom is -0.502 e. The molecule has 0 aromatic heterocycles. The Morgan fingerprint density at radius 1 is 1.54 bits per heavy atom. The zero-order chi connectivity index (χ0) is 10.2. The highest BCUT2D eigenvalue weighted by atomic mass is 16.6. The highest BCUT2D eigenvalue weighted by Crippen LogP contribution is 2.39. The van der Waals surface area contributed by atoms with E-state index in [1.54, 1.807) is 6.92 Å². The van der Waals surface area contributed by atoms with Gasteiger partial charge in [0.1, 0.15) is 5.60 Å². The average molecular weight is 184 g/mol. The van der Waals surface area contributed by atoms with Crippen LogP contribution in [0.3, 0.4) is 0 Å². The van der Waals surface area contributed by atoms with Crippen molar-refractivity contribution in [2.24, 2.45) is 5.92 Å². The summed E-state index contributed by atoms with van der Waals surface area (Å²) in [6.07, 6.45) is 0.701. The van der Waals surface area contributed by atoms with E-state index in [9.17, 15) is 9.90 Å². The third-order valence-corrected chi connectivity index (χ3v) is 2.92. The summed E-state index contributed by atoms with van der Waals surface area (Å²) >= 11 is 0. The third-order valence-electron chi connectivity index (χ3n) is 2.92. The number of rotatable bonds is 2. The van der Waals surface area contributed by atoms with Gasteiger partial charge in [-0.1, -0.05) is 20.8 Å².